The zero-order valence-electron chi connectivity index (χ0n) is 16.2. The lowest BCUT2D eigenvalue weighted by molar-refractivity contribution is -0.137. The minimum Gasteiger partial charge on any atom is -0.507 e. The van der Waals surface area contributed by atoms with Crippen molar-refractivity contribution in [3.8, 4) is 17.0 Å². The van der Waals surface area contributed by atoms with E-state index in [1.807, 2.05) is 0 Å². The highest BCUT2D eigenvalue weighted by Gasteiger charge is 2.32. The molecule has 1 saturated heterocycles. The maximum Gasteiger partial charge on any atom is 0.416 e. The summed E-state index contributed by atoms with van der Waals surface area (Å²) in [5.41, 5.74) is 0.776. The van der Waals surface area contributed by atoms with Crippen LogP contribution in [0.25, 0.3) is 11.3 Å². The summed E-state index contributed by atoms with van der Waals surface area (Å²) in [5, 5.41) is 21.6. The van der Waals surface area contributed by atoms with Gasteiger partial charge in [-0.05, 0) is 69.2 Å². The summed E-state index contributed by atoms with van der Waals surface area (Å²) in [7, 11) is 2.11. The van der Waals surface area contributed by atoms with Gasteiger partial charge in [-0.3, -0.25) is 0 Å². The van der Waals surface area contributed by atoms with E-state index in [4.69, 9.17) is 0 Å². The van der Waals surface area contributed by atoms with Gasteiger partial charge < -0.3 is 15.3 Å². The Kier molecular flexibility index (Phi) is 9.14. The first-order valence-electron chi connectivity index (χ1n) is 8.87. The Morgan fingerprint density at radius 3 is 2.45 bits per heavy atom. The monoisotopic (exact) mass is 452 g/mol. The number of alkyl halides is 3. The summed E-state index contributed by atoms with van der Waals surface area (Å²) in [6.07, 6.45) is -3.32. The molecule has 1 fully saturated rings. The molecule has 0 radical (unpaired) electrons. The Hall–Kier alpha value is -1.61. The maximum atomic E-state index is 12.8. The summed E-state index contributed by atoms with van der Waals surface area (Å²) in [6.45, 7) is 5.21. The molecule has 1 aromatic carbocycles. The number of aromatic nitrogens is 2. The number of aromatic hydroxyl groups is 1. The van der Waals surface area contributed by atoms with Crippen LogP contribution in [0.2, 0.25) is 0 Å². The number of nitrogens with zero attached hydrogens (tertiary/aromatic N) is 3. The molecule has 3 rings (SSSR count). The van der Waals surface area contributed by atoms with Crippen LogP contribution in [0.3, 0.4) is 0 Å². The van der Waals surface area contributed by atoms with E-state index < -0.39 is 17.5 Å². The van der Waals surface area contributed by atoms with E-state index in [1.54, 1.807) is 12.1 Å². The zero-order valence-corrected chi connectivity index (χ0v) is 17.8. The predicted molar refractivity (Wildman–Crippen MR) is 111 cm³/mol. The van der Waals surface area contributed by atoms with E-state index >= 15 is 0 Å². The molecule has 10 heteroatoms. The van der Waals surface area contributed by atoms with Crippen LogP contribution in [0.5, 0.6) is 5.75 Å². The maximum absolute atomic E-state index is 12.8. The number of halogens is 5. The molecule has 2 aromatic rings. The van der Waals surface area contributed by atoms with Crippen molar-refractivity contribution in [1.82, 2.24) is 20.4 Å². The Bertz CT molecular complexity index is 780. The third-order valence-corrected chi connectivity index (χ3v) is 4.85. The van der Waals surface area contributed by atoms with Gasteiger partial charge in [0.15, 0.2) is 0 Å². The first-order chi connectivity index (χ1) is 12.7. The summed E-state index contributed by atoms with van der Waals surface area (Å²) < 4.78 is 38.5. The molecule has 0 bridgehead atoms. The number of phenols is 1. The van der Waals surface area contributed by atoms with Crippen LogP contribution in [0.4, 0.5) is 13.2 Å². The Labute approximate surface area is 180 Å². The van der Waals surface area contributed by atoms with Crippen molar-refractivity contribution in [2.45, 2.75) is 26.1 Å². The van der Waals surface area contributed by atoms with Crippen LogP contribution in [-0.2, 0) is 12.7 Å². The van der Waals surface area contributed by atoms with E-state index in [2.05, 4.69) is 27.5 Å². The number of likely N-dealkylation sites (tertiary alicyclic amines) is 1. The van der Waals surface area contributed by atoms with Gasteiger partial charge in [-0.25, -0.2) is 0 Å². The van der Waals surface area contributed by atoms with Crippen molar-refractivity contribution in [2.24, 2.45) is 5.92 Å². The van der Waals surface area contributed by atoms with Crippen molar-refractivity contribution < 1.29 is 18.3 Å². The molecule has 1 aromatic heterocycles. The normalized spacial score (nSPS) is 16.9. The molecule has 1 aliphatic heterocycles. The first-order valence-corrected chi connectivity index (χ1v) is 8.87. The van der Waals surface area contributed by atoms with Gasteiger partial charge in [0, 0.05) is 18.7 Å². The molecule has 1 atom stereocenters. The zero-order chi connectivity index (χ0) is 19.6. The molecule has 2 heterocycles. The third kappa shape index (κ3) is 6.44. The fourth-order valence-corrected chi connectivity index (χ4v) is 3.45. The van der Waals surface area contributed by atoms with Crippen LogP contribution in [0.1, 0.15) is 23.2 Å². The van der Waals surface area contributed by atoms with E-state index in [-0.39, 0.29) is 30.4 Å². The minimum absolute atomic E-state index is 0. The highest BCUT2D eigenvalue weighted by molar-refractivity contribution is 5.85. The van der Waals surface area contributed by atoms with Crippen molar-refractivity contribution in [1.29, 1.82) is 0 Å². The molecule has 5 nitrogen and oxygen atoms in total. The van der Waals surface area contributed by atoms with Crippen molar-refractivity contribution >= 4 is 24.8 Å². The average Bonchev–Trinajstić information content (AvgIpc) is 3.00. The number of hydrogen-bond acceptors (Lipinski definition) is 5. The Morgan fingerprint density at radius 2 is 1.93 bits per heavy atom. The smallest absolute Gasteiger partial charge is 0.416 e. The van der Waals surface area contributed by atoms with E-state index in [9.17, 15) is 18.3 Å². The van der Waals surface area contributed by atoms with Gasteiger partial charge in [0.2, 0.25) is 0 Å². The lowest BCUT2D eigenvalue weighted by Gasteiger charge is -2.13. The first kappa shape index (κ1) is 25.4. The van der Waals surface area contributed by atoms with Gasteiger partial charge in [0.25, 0.3) is 0 Å². The number of phenolic OH excluding ortho intramolecular Hbond substituents is 1. The molecule has 0 spiro atoms. The van der Waals surface area contributed by atoms with Gasteiger partial charge >= 0.3 is 6.18 Å². The van der Waals surface area contributed by atoms with Crippen LogP contribution in [-0.4, -0.2) is 46.9 Å². The molecule has 0 saturated carbocycles. The van der Waals surface area contributed by atoms with Crippen molar-refractivity contribution in [3.63, 3.8) is 0 Å². The third-order valence-electron chi connectivity index (χ3n) is 4.85. The SMILES string of the molecule is Cc1cc(C(F)(F)F)cc(O)c1-c1ccc(CNCC2CCN(C)C2)nn1.Cl.Cl. The molecule has 1 aliphatic rings. The van der Waals surface area contributed by atoms with Crippen molar-refractivity contribution in [2.75, 3.05) is 26.7 Å². The lowest BCUT2D eigenvalue weighted by atomic mass is 10.0. The molecule has 0 aliphatic carbocycles. The number of hydrogen-bond donors (Lipinski definition) is 2. The van der Waals surface area contributed by atoms with Gasteiger partial charge in [0.05, 0.1) is 17.0 Å². The average molecular weight is 453 g/mol. The molecule has 29 heavy (non-hydrogen) atoms. The van der Waals surface area contributed by atoms with Crippen molar-refractivity contribution in [3.05, 3.63) is 41.1 Å². The predicted octanol–water partition coefficient (Wildman–Crippen LogP) is 4.06. The summed E-state index contributed by atoms with van der Waals surface area (Å²) >= 11 is 0. The van der Waals surface area contributed by atoms with E-state index in [1.165, 1.54) is 13.3 Å². The van der Waals surface area contributed by atoms with Gasteiger partial charge in [-0.1, -0.05) is 0 Å². The number of benzene rings is 1. The summed E-state index contributed by atoms with van der Waals surface area (Å²) in [6, 6.07) is 5.16. The minimum atomic E-state index is -4.50. The second-order valence-corrected chi connectivity index (χ2v) is 7.14. The molecule has 2 N–H and O–H groups in total. The van der Waals surface area contributed by atoms with Crippen LogP contribution in [0.15, 0.2) is 24.3 Å². The second kappa shape index (κ2) is 10.4. The van der Waals surface area contributed by atoms with Gasteiger partial charge in [-0.15, -0.1) is 24.8 Å². The number of aryl methyl sites for hydroxylation is 1. The number of rotatable bonds is 5. The molecular formula is C19H25Cl2F3N4O. The lowest BCUT2D eigenvalue weighted by Crippen LogP contribution is -2.25. The fraction of sp³-hybridized carbons (Fsp3) is 0.474. The fourth-order valence-electron chi connectivity index (χ4n) is 3.45. The largest absolute Gasteiger partial charge is 0.507 e. The Morgan fingerprint density at radius 1 is 1.21 bits per heavy atom. The highest BCUT2D eigenvalue weighted by Crippen LogP contribution is 2.38. The molecule has 0 amide bonds. The molecule has 162 valence electrons. The number of nitrogens with one attached hydrogen (secondary N) is 1. The van der Waals surface area contributed by atoms with Gasteiger partial charge in [-0.2, -0.15) is 23.4 Å². The van der Waals surface area contributed by atoms with Crippen LogP contribution in [0, 0.1) is 12.8 Å². The standard InChI is InChI=1S/C19H23F3N4O.2ClH/c1-12-7-14(19(20,21)22)8-17(27)18(12)16-4-3-15(24-25-16)10-23-9-13-5-6-26(2)11-13;;/h3-4,7-8,13,23,27H,5-6,9-11H2,1-2H3;2*1H. The molecule has 1 unspecified atom stereocenters. The Balaban J connectivity index is 0.00000210. The second-order valence-electron chi connectivity index (χ2n) is 7.14. The summed E-state index contributed by atoms with van der Waals surface area (Å²) in [4.78, 5) is 2.31. The topological polar surface area (TPSA) is 61.3 Å². The quantitative estimate of drug-likeness (QED) is 0.715. The van der Waals surface area contributed by atoms with Gasteiger partial charge in [0.1, 0.15) is 5.75 Å². The molecular weight excluding hydrogens is 428 g/mol. The highest BCUT2D eigenvalue weighted by atomic mass is 35.5. The van der Waals surface area contributed by atoms with Crippen LogP contribution < -0.4 is 5.32 Å². The van der Waals surface area contributed by atoms with Crippen LogP contribution >= 0.6 is 24.8 Å². The van der Waals surface area contributed by atoms with E-state index in [0.717, 1.165) is 37.5 Å². The van der Waals surface area contributed by atoms with E-state index in [0.29, 0.717) is 23.7 Å². The summed E-state index contributed by atoms with van der Waals surface area (Å²) in [5.74, 6) is 0.182.